The zero-order valence-electron chi connectivity index (χ0n) is 7.07. The highest BCUT2D eigenvalue weighted by molar-refractivity contribution is 8.93. The molecule has 0 saturated heterocycles. The fourth-order valence-corrected chi connectivity index (χ4v) is 1.23. The minimum absolute atomic E-state index is 0. The maximum absolute atomic E-state index is 11.0. The Balaban J connectivity index is 0.000000845. The average molecular weight is 241 g/mol. The first-order valence-corrected chi connectivity index (χ1v) is 3.73. The van der Waals surface area contributed by atoms with Crippen molar-refractivity contribution < 1.29 is 4.79 Å². The van der Waals surface area contributed by atoms with Gasteiger partial charge in [0.1, 0.15) is 5.69 Å². The molecule has 1 heterocycles. The normalized spacial score (nSPS) is 9.62. The molecule has 0 bridgehead atoms. The molecule has 4 heteroatoms. The highest BCUT2D eigenvalue weighted by Crippen LogP contribution is 2.14. The molecule has 0 aliphatic heterocycles. The van der Waals surface area contributed by atoms with Crippen LogP contribution in [0.25, 0.3) is 10.9 Å². The highest BCUT2D eigenvalue weighted by Gasteiger charge is 2.07. The second kappa shape index (κ2) is 3.70. The van der Waals surface area contributed by atoms with Crippen LogP contribution in [0.2, 0.25) is 0 Å². The third kappa shape index (κ3) is 1.62. The van der Waals surface area contributed by atoms with Gasteiger partial charge in [-0.3, -0.25) is 9.89 Å². The number of rotatable bonds is 1. The van der Waals surface area contributed by atoms with Crippen molar-refractivity contribution in [3.8, 4) is 0 Å². The van der Waals surface area contributed by atoms with Crippen LogP contribution in [-0.2, 0) is 0 Å². The van der Waals surface area contributed by atoms with E-state index < -0.39 is 0 Å². The summed E-state index contributed by atoms with van der Waals surface area (Å²) >= 11 is 0. The van der Waals surface area contributed by atoms with Crippen LogP contribution in [0, 0.1) is 0 Å². The molecule has 0 atom stereocenters. The van der Waals surface area contributed by atoms with E-state index in [1.54, 1.807) is 0 Å². The molecule has 68 valence electrons. The van der Waals surface area contributed by atoms with Crippen LogP contribution in [0.4, 0.5) is 0 Å². The Morgan fingerprint density at radius 2 is 2.08 bits per heavy atom. The van der Waals surface area contributed by atoms with E-state index in [-0.39, 0.29) is 22.8 Å². The summed E-state index contributed by atoms with van der Waals surface area (Å²) in [4.78, 5) is 11.0. The second-order valence-electron chi connectivity index (χ2n) is 2.67. The second-order valence-corrected chi connectivity index (χ2v) is 2.67. The number of H-pyrrole nitrogens is 1. The lowest BCUT2D eigenvalue weighted by Crippen LogP contribution is -1.91. The predicted octanol–water partition coefficient (Wildman–Crippen LogP) is 2.34. The molecule has 0 aliphatic rings. The van der Waals surface area contributed by atoms with E-state index in [1.165, 1.54) is 6.92 Å². The van der Waals surface area contributed by atoms with Crippen LogP contribution in [0.1, 0.15) is 17.4 Å². The van der Waals surface area contributed by atoms with E-state index in [0.717, 1.165) is 10.9 Å². The topological polar surface area (TPSA) is 45.8 Å². The lowest BCUT2D eigenvalue weighted by atomic mass is 10.2. The summed E-state index contributed by atoms with van der Waals surface area (Å²) in [6, 6.07) is 7.58. The number of hydrogen-bond acceptors (Lipinski definition) is 2. The number of carbonyl (C=O) groups is 1. The number of nitrogens with one attached hydrogen (secondary N) is 1. The van der Waals surface area contributed by atoms with Crippen molar-refractivity contribution in [2.75, 3.05) is 0 Å². The van der Waals surface area contributed by atoms with Crippen LogP contribution in [0.15, 0.2) is 24.3 Å². The van der Waals surface area contributed by atoms with Gasteiger partial charge >= 0.3 is 0 Å². The SMILES string of the molecule is Br.CC(=O)c1n[nH]c2ccccc12. The lowest BCUT2D eigenvalue weighted by molar-refractivity contribution is 0.101. The number of halogens is 1. The minimum Gasteiger partial charge on any atom is -0.293 e. The number of nitrogens with zero attached hydrogens (tertiary/aromatic N) is 1. The smallest absolute Gasteiger partial charge is 0.180 e. The fraction of sp³-hybridized carbons (Fsp3) is 0.111. The van der Waals surface area contributed by atoms with Gasteiger partial charge in [-0.2, -0.15) is 5.10 Å². The molecule has 3 nitrogen and oxygen atoms in total. The number of ketones is 1. The van der Waals surface area contributed by atoms with Gasteiger partial charge in [0, 0.05) is 12.3 Å². The number of benzene rings is 1. The number of hydrogen-bond donors (Lipinski definition) is 1. The Morgan fingerprint density at radius 1 is 1.38 bits per heavy atom. The van der Waals surface area contributed by atoms with E-state index in [0.29, 0.717) is 5.69 Å². The Labute approximate surface area is 85.9 Å². The van der Waals surface area contributed by atoms with Crippen LogP contribution >= 0.6 is 17.0 Å². The summed E-state index contributed by atoms with van der Waals surface area (Å²) in [5, 5.41) is 7.61. The van der Waals surface area contributed by atoms with Crippen molar-refractivity contribution in [1.29, 1.82) is 0 Å². The van der Waals surface area contributed by atoms with Crippen molar-refractivity contribution >= 4 is 33.7 Å². The summed E-state index contributed by atoms with van der Waals surface area (Å²) in [5.74, 6) is -0.00699. The van der Waals surface area contributed by atoms with E-state index >= 15 is 0 Å². The molecule has 1 aromatic carbocycles. The molecule has 1 aromatic heterocycles. The van der Waals surface area contributed by atoms with Gasteiger partial charge in [0.05, 0.1) is 5.52 Å². The highest BCUT2D eigenvalue weighted by atomic mass is 79.9. The number of aromatic nitrogens is 2. The van der Waals surface area contributed by atoms with Crippen molar-refractivity contribution in [3.05, 3.63) is 30.0 Å². The lowest BCUT2D eigenvalue weighted by Gasteiger charge is -1.88. The molecule has 1 N–H and O–H groups in total. The quantitative estimate of drug-likeness (QED) is 0.779. The minimum atomic E-state index is -0.00699. The molecular weight excluding hydrogens is 232 g/mol. The van der Waals surface area contributed by atoms with Gasteiger partial charge in [0.2, 0.25) is 0 Å². The summed E-state index contributed by atoms with van der Waals surface area (Å²) < 4.78 is 0. The average Bonchev–Trinajstić information content (AvgIpc) is 2.47. The number of Topliss-reactive ketones (excluding diaryl/α,β-unsaturated/α-hetero) is 1. The molecule has 0 spiro atoms. The first-order valence-electron chi connectivity index (χ1n) is 3.73. The standard InChI is InChI=1S/C9H8N2O.BrH/c1-6(12)9-7-4-2-3-5-8(7)10-11-9;/h2-5H,1H3,(H,10,11);1H. The molecule has 2 aromatic rings. The first kappa shape index (κ1) is 9.92. The van der Waals surface area contributed by atoms with Crippen molar-refractivity contribution in [2.45, 2.75) is 6.92 Å². The summed E-state index contributed by atoms with van der Waals surface area (Å²) in [6.45, 7) is 1.52. The maximum atomic E-state index is 11.0. The first-order chi connectivity index (χ1) is 5.79. The summed E-state index contributed by atoms with van der Waals surface area (Å²) in [5.41, 5.74) is 1.42. The van der Waals surface area contributed by atoms with Crippen LogP contribution in [0.3, 0.4) is 0 Å². The van der Waals surface area contributed by atoms with E-state index in [4.69, 9.17) is 0 Å². The number of carbonyl (C=O) groups excluding carboxylic acids is 1. The predicted molar refractivity (Wildman–Crippen MR) is 56.4 cm³/mol. The van der Waals surface area contributed by atoms with Crippen molar-refractivity contribution in [1.82, 2.24) is 10.2 Å². The summed E-state index contributed by atoms with van der Waals surface area (Å²) in [6.07, 6.45) is 0. The largest absolute Gasteiger partial charge is 0.293 e. The molecule has 0 aliphatic carbocycles. The van der Waals surface area contributed by atoms with Crippen molar-refractivity contribution in [3.63, 3.8) is 0 Å². The Bertz CT molecular complexity index is 436. The zero-order chi connectivity index (χ0) is 8.55. The monoisotopic (exact) mass is 240 g/mol. The Hall–Kier alpha value is -1.16. The zero-order valence-corrected chi connectivity index (χ0v) is 8.79. The van der Waals surface area contributed by atoms with Gasteiger partial charge in [-0.25, -0.2) is 0 Å². The summed E-state index contributed by atoms with van der Waals surface area (Å²) in [7, 11) is 0. The third-order valence-electron chi connectivity index (χ3n) is 1.80. The number of aromatic amines is 1. The Kier molecular flexibility index (Phi) is 2.83. The van der Waals surface area contributed by atoms with E-state index in [1.807, 2.05) is 24.3 Å². The van der Waals surface area contributed by atoms with Gasteiger partial charge < -0.3 is 0 Å². The third-order valence-corrected chi connectivity index (χ3v) is 1.80. The Morgan fingerprint density at radius 3 is 2.77 bits per heavy atom. The fourth-order valence-electron chi connectivity index (χ4n) is 1.23. The van der Waals surface area contributed by atoms with E-state index in [9.17, 15) is 4.79 Å². The van der Waals surface area contributed by atoms with Crippen LogP contribution < -0.4 is 0 Å². The molecule has 0 fully saturated rings. The molecule has 0 radical (unpaired) electrons. The molecule has 0 unspecified atom stereocenters. The van der Waals surface area contributed by atoms with E-state index in [2.05, 4.69) is 10.2 Å². The van der Waals surface area contributed by atoms with Gasteiger partial charge in [-0.1, -0.05) is 18.2 Å². The van der Waals surface area contributed by atoms with Gasteiger partial charge in [0.15, 0.2) is 5.78 Å². The molecule has 0 amide bonds. The van der Waals surface area contributed by atoms with Crippen LogP contribution in [0.5, 0.6) is 0 Å². The van der Waals surface area contributed by atoms with Crippen LogP contribution in [-0.4, -0.2) is 16.0 Å². The number of fused-ring (bicyclic) bond motifs is 1. The van der Waals surface area contributed by atoms with Gasteiger partial charge in [0.25, 0.3) is 0 Å². The maximum Gasteiger partial charge on any atom is 0.180 e. The molecular formula is C9H9BrN2O. The number of para-hydroxylation sites is 1. The van der Waals surface area contributed by atoms with Crippen molar-refractivity contribution in [2.24, 2.45) is 0 Å². The van der Waals surface area contributed by atoms with Gasteiger partial charge in [-0.15, -0.1) is 17.0 Å². The van der Waals surface area contributed by atoms with Gasteiger partial charge in [-0.05, 0) is 6.07 Å². The molecule has 0 saturated carbocycles. The molecule has 2 rings (SSSR count). The molecule has 13 heavy (non-hydrogen) atoms.